The Kier molecular flexibility index (Phi) is 8.50. The second kappa shape index (κ2) is 12.6. The van der Waals surface area contributed by atoms with Crippen LogP contribution in [0.5, 0.6) is 17.2 Å². The van der Waals surface area contributed by atoms with E-state index in [2.05, 4.69) is 24.7 Å². The van der Waals surface area contributed by atoms with E-state index in [-0.39, 0.29) is 22.6 Å². The fourth-order valence-electron chi connectivity index (χ4n) is 9.07. The average molecular weight is 662 g/mol. The minimum atomic E-state index is -3.79. The molecule has 8 rings (SSSR count). The van der Waals surface area contributed by atoms with Gasteiger partial charge in [-0.25, -0.2) is 13.1 Å². The first-order chi connectivity index (χ1) is 22.6. The lowest BCUT2D eigenvalue weighted by Crippen LogP contribution is -2.51. The number of aromatic hydroxyl groups is 1. The van der Waals surface area contributed by atoms with Gasteiger partial charge in [-0.15, -0.1) is 10.2 Å². The molecule has 1 aromatic heterocycles. The van der Waals surface area contributed by atoms with Crippen LogP contribution in [0.4, 0.5) is 5.82 Å². The Morgan fingerprint density at radius 1 is 0.894 bits per heavy atom. The highest BCUT2D eigenvalue weighted by Gasteiger charge is 2.52. The standard InChI is InChI=1S/C35H43N5O6S/c1-45-31-16-27(26-4-3-5-28(41)15-26)17-32(46-2)29(31)21-39-8-10-40(11-9-39)33-7-6-30(36-37-33)34(42)38-47(43,44)22-35-18-23-12-24(19-35)14-25(13-23)20-35/h3-7,15-17,23-25,41H,8-14,18-22H2,1-2H3,(H,38,42). The Bertz CT molecular complexity index is 1680. The fourth-order valence-corrected chi connectivity index (χ4v) is 10.7. The second-order valence-electron chi connectivity index (χ2n) is 14.1. The molecule has 5 aliphatic rings. The van der Waals surface area contributed by atoms with Crippen LogP contribution in [0, 0.1) is 23.2 Å². The maximum absolute atomic E-state index is 13.1. The van der Waals surface area contributed by atoms with E-state index >= 15 is 0 Å². The van der Waals surface area contributed by atoms with E-state index in [1.165, 1.54) is 19.3 Å². The summed E-state index contributed by atoms with van der Waals surface area (Å²) < 4.78 is 40.1. The minimum absolute atomic E-state index is 0.00479. The van der Waals surface area contributed by atoms with Crippen LogP contribution in [0.3, 0.4) is 0 Å². The van der Waals surface area contributed by atoms with Gasteiger partial charge in [0.15, 0.2) is 11.5 Å². The van der Waals surface area contributed by atoms with Gasteiger partial charge in [-0.2, -0.15) is 0 Å². The van der Waals surface area contributed by atoms with Gasteiger partial charge >= 0.3 is 0 Å². The highest BCUT2D eigenvalue weighted by Crippen LogP contribution is 2.60. The summed E-state index contributed by atoms with van der Waals surface area (Å²) in [5.74, 6) is 3.48. The van der Waals surface area contributed by atoms with Crippen LogP contribution in [-0.2, 0) is 16.6 Å². The van der Waals surface area contributed by atoms with Gasteiger partial charge in [-0.3, -0.25) is 9.69 Å². The molecule has 1 amide bonds. The Morgan fingerprint density at radius 3 is 2.09 bits per heavy atom. The van der Waals surface area contributed by atoms with Gasteiger partial charge in [0.2, 0.25) is 10.0 Å². The fraction of sp³-hybridized carbons (Fsp3) is 0.514. The topological polar surface area (TPSA) is 134 Å². The molecule has 12 heteroatoms. The van der Waals surface area contributed by atoms with Crippen molar-refractivity contribution in [2.24, 2.45) is 23.2 Å². The number of phenols is 1. The summed E-state index contributed by atoms with van der Waals surface area (Å²) >= 11 is 0. The van der Waals surface area contributed by atoms with Crippen LogP contribution in [0.1, 0.15) is 54.6 Å². The molecule has 2 aromatic carbocycles. The number of phenolic OH excluding ortho intramolecular Hbond substituents is 1. The molecular weight excluding hydrogens is 618 g/mol. The first-order valence-electron chi connectivity index (χ1n) is 16.5. The molecule has 4 saturated carbocycles. The maximum Gasteiger partial charge on any atom is 0.285 e. The maximum atomic E-state index is 13.1. The van der Waals surface area contributed by atoms with Crippen molar-refractivity contribution in [1.82, 2.24) is 19.8 Å². The zero-order chi connectivity index (χ0) is 32.8. The largest absolute Gasteiger partial charge is 0.508 e. The van der Waals surface area contributed by atoms with Gasteiger partial charge in [-0.1, -0.05) is 12.1 Å². The summed E-state index contributed by atoms with van der Waals surface area (Å²) in [5.41, 5.74) is 2.51. The van der Waals surface area contributed by atoms with Gasteiger partial charge in [0.05, 0.1) is 25.5 Å². The number of rotatable bonds is 10. The number of carbonyl (C=O) groups excluding carboxylic acids is 1. The molecule has 11 nitrogen and oxygen atoms in total. The monoisotopic (exact) mass is 661 g/mol. The summed E-state index contributed by atoms with van der Waals surface area (Å²) in [6.07, 6.45) is 6.60. The van der Waals surface area contributed by atoms with E-state index < -0.39 is 15.9 Å². The van der Waals surface area contributed by atoms with E-state index in [4.69, 9.17) is 9.47 Å². The number of aromatic nitrogens is 2. The molecule has 1 saturated heterocycles. The molecule has 0 spiro atoms. The lowest BCUT2D eigenvalue weighted by molar-refractivity contribution is -0.0391. The zero-order valence-electron chi connectivity index (χ0n) is 27.0. The predicted octanol–water partition coefficient (Wildman–Crippen LogP) is 4.46. The Labute approximate surface area is 276 Å². The molecule has 2 heterocycles. The molecule has 47 heavy (non-hydrogen) atoms. The number of benzene rings is 2. The van der Waals surface area contributed by atoms with Crippen molar-refractivity contribution in [3.05, 3.63) is 59.8 Å². The van der Waals surface area contributed by atoms with Crippen LogP contribution >= 0.6 is 0 Å². The lowest BCUT2D eigenvalue weighted by Gasteiger charge is -2.56. The van der Waals surface area contributed by atoms with Gasteiger partial charge in [0.1, 0.15) is 17.2 Å². The van der Waals surface area contributed by atoms with Crippen molar-refractivity contribution in [3.8, 4) is 28.4 Å². The van der Waals surface area contributed by atoms with Gasteiger partial charge in [0, 0.05) is 32.7 Å². The van der Waals surface area contributed by atoms with Crippen LogP contribution in [0.2, 0.25) is 0 Å². The smallest absolute Gasteiger partial charge is 0.285 e. The molecule has 0 atom stereocenters. The van der Waals surface area contributed by atoms with E-state index in [1.54, 1.807) is 44.6 Å². The third-order valence-corrected chi connectivity index (χ3v) is 12.1. The highest BCUT2D eigenvalue weighted by molar-refractivity contribution is 7.90. The van der Waals surface area contributed by atoms with E-state index in [0.29, 0.717) is 54.7 Å². The first-order valence-corrected chi connectivity index (χ1v) is 18.2. The second-order valence-corrected chi connectivity index (χ2v) is 15.8. The molecule has 250 valence electrons. The zero-order valence-corrected chi connectivity index (χ0v) is 27.8. The lowest BCUT2D eigenvalue weighted by atomic mass is 9.50. The third kappa shape index (κ3) is 6.76. The van der Waals surface area contributed by atoms with Crippen LogP contribution in [0.25, 0.3) is 11.1 Å². The number of piperazine rings is 1. The van der Waals surface area contributed by atoms with Crippen molar-refractivity contribution in [1.29, 1.82) is 0 Å². The number of anilines is 1. The molecule has 3 aromatic rings. The summed E-state index contributed by atoms with van der Waals surface area (Å²) in [6.45, 7) is 3.54. The Balaban J connectivity index is 0.950. The highest BCUT2D eigenvalue weighted by atomic mass is 32.2. The first kappa shape index (κ1) is 31.7. The normalized spacial score (nSPS) is 25.5. The summed E-state index contributed by atoms with van der Waals surface area (Å²) in [5, 5.41) is 18.3. The average Bonchev–Trinajstić information content (AvgIpc) is 3.04. The van der Waals surface area contributed by atoms with Crippen LogP contribution in [-0.4, -0.2) is 80.7 Å². The molecule has 5 fully saturated rings. The number of hydrogen-bond donors (Lipinski definition) is 2. The third-order valence-electron chi connectivity index (χ3n) is 10.7. The number of amides is 1. The van der Waals surface area contributed by atoms with Crippen molar-refractivity contribution < 1.29 is 27.8 Å². The van der Waals surface area contributed by atoms with Crippen LogP contribution < -0.4 is 19.1 Å². The van der Waals surface area contributed by atoms with Gasteiger partial charge in [-0.05, 0) is 109 Å². The number of methoxy groups -OCH3 is 2. The predicted molar refractivity (Wildman–Crippen MR) is 178 cm³/mol. The number of hydrogen-bond acceptors (Lipinski definition) is 10. The number of nitrogens with zero attached hydrogens (tertiary/aromatic N) is 4. The van der Waals surface area contributed by atoms with Crippen molar-refractivity contribution in [2.45, 2.75) is 45.1 Å². The summed E-state index contributed by atoms with van der Waals surface area (Å²) in [6, 6.07) is 14.3. The molecular formula is C35H43N5O6S. The SMILES string of the molecule is COc1cc(-c2cccc(O)c2)cc(OC)c1CN1CCN(c2ccc(C(=O)NS(=O)(=O)CC34CC5CC(CC(C5)C3)C4)nn2)CC1. The molecule has 2 N–H and O–H groups in total. The Hall–Kier alpha value is -3.90. The molecule has 0 unspecified atom stereocenters. The van der Waals surface area contributed by atoms with E-state index in [1.807, 2.05) is 18.2 Å². The number of nitrogens with one attached hydrogen (secondary N) is 1. The molecule has 4 bridgehead atoms. The molecule has 4 aliphatic carbocycles. The summed E-state index contributed by atoms with van der Waals surface area (Å²) in [7, 11) is -0.509. The Morgan fingerprint density at radius 2 is 1.53 bits per heavy atom. The minimum Gasteiger partial charge on any atom is -0.508 e. The van der Waals surface area contributed by atoms with E-state index in [9.17, 15) is 18.3 Å². The number of carbonyl (C=O) groups is 1. The number of ether oxygens (including phenoxy) is 2. The molecule has 0 radical (unpaired) electrons. The van der Waals surface area contributed by atoms with Crippen molar-refractivity contribution in [2.75, 3.05) is 51.1 Å². The van der Waals surface area contributed by atoms with Crippen molar-refractivity contribution in [3.63, 3.8) is 0 Å². The van der Waals surface area contributed by atoms with Crippen molar-refractivity contribution >= 4 is 21.7 Å². The number of sulfonamides is 1. The van der Waals surface area contributed by atoms with Gasteiger partial charge in [0.25, 0.3) is 5.91 Å². The van der Waals surface area contributed by atoms with E-state index in [0.717, 1.165) is 49.0 Å². The van der Waals surface area contributed by atoms with Gasteiger partial charge < -0.3 is 19.5 Å². The quantitative estimate of drug-likeness (QED) is 0.321. The molecule has 1 aliphatic heterocycles. The van der Waals surface area contributed by atoms with Crippen LogP contribution in [0.15, 0.2) is 48.5 Å². The summed E-state index contributed by atoms with van der Waals surface area (Å²) in [4.78, 5) is 17.3.